The van der Waals surface area contributed by atoms with E-state index >= 15 is 0 Å². The minimum atomic E-state index is -1.85. The van der Waals surface area contributed by atoms with Crippen LogP contribution in [0.4, 0.5) is 0 Å². The number of rotatable bonds is 12. The van der Waals surface area contributed by atoms with Gasteiger partial charge in [0.15, 0.2) is 18.9 Å². The van der Waals surface area contributed by atoms with Crippen LogP contribution in [0.2, 0.25) is 0 Å². The largest absolute Gasteiger partial charge is 0.462 e. The zero-order valence-corrected chi connectivity index (χ0v) is 39.5. The van der Waals surface area contributed by atoms with Gasteiger partial charge >= 0.3 is 11.9 Å². The lowest BCUT2D eigenvalue weighted by Gasteiger charge is -2.69. The molecular formula is C46H76O18. The molecule has 0 radical (unpaired) electrons. The van der Waals surface area contributed by atoms with Gasteiger partial charge in [-0.3, -0.25) is 9.59 Å². The summed E-state index contributed by atoms with van der Waals surface area (Å²) in [6.07, 6.45) is -7.31. The number of carbonyl (C=O) groups is 2. The van der Waals surface area contributed by atoms with Crippen LogP contribution < -0.4 is 0 Å². The highest BCUT2D eigenvalue weighted by molar-refractivity contribution is 5.67. The molecule has 18 heteroatoms. The predicted octanol–water partition coefficient (Wildman–Crippen LogP) is 2.42. The van der Waals surface area contributed by atoms with E-state index in [1.54, 1.807) is 35.0 Å². The number of methoxy groups -OCH3 is 3. The highest BCUT2D eigenvalue weighted by atomic mass is 16.8. The van der Waals surface area contributed by atoms with Gasteiger partial charge in [-0.05, 0) is 96.3 Å². The van der Waals surface area contributed by atoms with Crippen LogP contribution in [0.25, 0.3) is 0 Å². The molecule has 3 heterocycles. The van der Waals surface area contributed by atoms with Crippen molar-refractivity contribution in [1.29, 1.82) is 0 Å². The number of hydrogen-bond donors (Lipinski definition) is 5. The Bertz CT molecular complexity index is 1650. The van der Waals surface area contributed by atoms with E-state index in [1.807, 2.05) is 13.8 Å². The number of aliphatic hydroxyl groups is 5. The Labute approximate surface area is 377 Å². The minimum absolute atomic E-state index is 0.0432. The van der Waals surface area contributed by atoms with Gasteiger partial charge in [0.25, 0.3) is 0 Å². The van der Waals surface area contributed by atoms with E-state index in [4.69, 9.17) is 52.1 Å². The molecule has 7 aliphatic rings. The van der Waals surface area contributed by atoms with Crippen molar-refractivity contribution in [3.05, 3.63) is 0 Å². The molecule has 23 atom stereocenters. The zero-order valence-electron chi connectivity index (χ0n) is 39.5. The molecule has 368 valence electrons. The van der Waals surface area contributed by atoms with Crippen LogP contribution in [0.15, 0.2) is 0 Å². The van der Waals surface area contributed by atoms with E-state index in [1.165, 1.54) is 21.0 Å². The molecule has 3 aliphatic heterocycles. The lowest BCUT2D eigenvalue weighted by atomic mass is 9.40. The molecule has 7 rings (SSSR count). The van der Waals surface area contributed by atoms with Gasteiger partial charge < -0.3 is 77.6 Å². The lowest BCUT2D eigenvalue weighted by molar-refractivity contribution is -0.353. The molecule has 0 spiro atoms. The first kappa shape index (κ1) is 50.3. The van der Waals surface area contributed by atoms with E-state index in [2.05, 4.69) is 6.92 Å². The van der Waals surface area contributed by atoms with Crippen LogP contribution in [-0.2, 0) is 61.7 Å². The third kappa shape index (κ3) is 8.28. The van der Waals surface area contributed by atoms with Crippen LogP contribution in [-0.4, -0.2) is 174 Å². The van der Waals surface area contributed by atoms with Crippen molar-refractivity contribution in [3.63, 3.8) is 0 Å². The van der Waals surface area contributed by atoms with E-state index in [0.29, 0.717) is 38.5 Å². The molecule has 3 saturated heterocycles. The summed E-state index contributed by atoms with van der Waals surface area (Å²) in [7, 11) is 4.62. The van der Waals surface area contributed by atoms with Crippen molar-refractivity contribution in [2.75, 3.05) is 21.3 Å². The molecular weight excluding hydrogens is 840 g/mol. The molecule has 5 N–H and O–H groups in total. The maximum atomic E-state index is 12.9. The van der Waals surface area contributed by atoms with Gasteiger partial charge in [-0.2, -0.15) is 0 Å². The SMILES string of the molecule is CO[C@H]1[C@@H](O)[C@H](O[C@@H]2[C@@H](C)O[C@@H](O[C@H]3[C@@H](OC)C[C@H](O[C@H]4CC[C@@]5(C)[C@@H](CC[C@]6(O)[C@@H]5C[C@@H](OC(C)=O)[C@@]5(C)[C@]6(O)CC[C@@]5(O)[C@H](C)OC(C)=O)C4)O[C@@H]3C)C[C@H]2OC)O[C@H](C)[C@H]1O. The summed E-state index contributed by atoms with van der Waals surface area (Å²) in [5.74, 6) is -1.50. The summed E-state index contributed by atoms with van der Waals surface area (Å²) in [6.45, 7) is 13.4. The molecule has 7 fully saturated rings. The first-order chi connectivity index (χ1) is 30.0. The maximum absolute atomic E-state index is 12.9. The van der Waals surface area contributed by atoms with E-state index in [-0.39, 0.29) is 37.7 Å². The molecule has 0 aromatic heterocycles. The summed E-state index contributed by atoms with van der Waals surface area (Å²) in [4.78, 5) is 24.7. The van der Waals surface area contributed by atoms with Gasteiger partial charge in [0.1, 0.15) is 53.9 Å². The van der Waals surface area contributed by atoms with Gasteiger partial charge in [-0.15, -0.1) is 0 Å². The number of ether oxygens (including phenoxy) is 11. The van der Waals surface area contributed by atoms with Crippen molar-refractivity contribution < 1.29 is 87.2 Å². The van der Waals surface area contributed by atoms with Gasteiger partial charge in [0.05, 0.1) is 47.6 Å². The first-order valence-electron chi connectivity index (χ1n) is 23.4. The minimum Gasteiger partial charge on any atom is -0.462 e. The maximum Gasteiger partial charge on any atom is 0.302 e. The smallest absolute Gasteiger partial charge is 0.302 e. The first-order valence-corrected chi connectivity index (χ1v) is 23.4. The number of carbonyl (C=O) groups excluding carboxylic acids is 2. The van der Waals surface area contributed by atoms with E-state index in [9.17, 15) is 35.1 Å². The average molecular weight is 917 g/mol. The van der Waals surface area contributed by atoms with Crippen molar-refractivity contribution in [3.8, 4) is 0 Å². The summed E-state index contributed by atoms with van der Waals surface area (Å²) in [5, 5.41) is 59.5. The van der Waals surface area contributed by atoms with E-state index in [0.717, 1.165) is 0 Å². The van der Waals surface area contributed by atoms with Gasteiger partial charge in [0, 0.05) is 48.0 Å². The standard InChI is InChI=1S/C46H76O18/c1-22-36(49)40(56-11)37(50)41(59-22)64-39-24(3)58-35(20-31(39)55-10)63-38-23(2)57-34(19-30(38)54-9)62-29-13-14-42(7)28(18-29)12-15-45(52)32(42)21-33(61-27(6)48)43(8)44(51,16-17-46(43,45)53)25(4)60-26(5)47/h22-25,28-41,49-53H,12-21H2,1-11H3/t22-,23-,24-,25+,28+,29+,30+,31-,32-,33-,34+,35+,36-,37-,38-,39-,40-,41+,42+,43-,44-,45+,46-/m1/s1. The van der Waals surface area contributed by atoms with Gasteiger partial charge in [-0.1, -0.05) is 13.8 Å². The topological polar surface area (TPSA) is 237 Å². The fourth-order valence-electron chi connectivity index (χ4n) is 13.7. The van der Waals surface area contributed by atoms with E-state index < -0.39 is 138 Å². The summed E-state index contributed by atoms with van der Waals surface area (Å²) in [5.41, 5.74) is -7.24. The van der Waals surface area contributed by atoms with Gasteiger partial charge in [0.2, 0.25) is 0 Å². The number of aliphatic hydroxyl groups excluding tert-OH is 2. The Hall–Kier alpha value is -1.62. The van der Waals surface area contributed by atoms with Crippen molar-refractivity contribution in [2.45, 2.75) is 235 Å². The highest BCUT2D eigenvalue weighted by Gasteiger charge is 2.82. The molecule has 0 amide bonds. The third-order valence-electron chi connectivity index (χ3n) is 17.3. The Morgan fingerprint density at radius 1 is 0.672 bits per heavy atom. The third-order valence-corrected chi connectivity index (χ3v) is 17.3. The Morgan fingerprint density at radius 2 is 1.28 bits per heavy atom. The molecule has 4 saturated carbocycles. The number of esters is 2. The van der Waals surface area contributed by atoms with Crippen LogP contribution in [0.5, 0.6) is 0 Å². The molecule has 0 bridgehead atoms. The quantitative estimate of drug-likeness (QED) is 0.140. The van der Waals surface area contributed by atoms with Crippen molar-refractivity contribution in [1.82, 2.24) is 0 Å². The number of hydrogen-bond acceptors (Lipinski definition) is 18. The predicted molar refractivity (Wildman–Crippen MR) is 223 cm³/mol. The second-order valence-corrected chi connectivity index (χ2v) is 20.5. The molecule has 64 heavy (non-hydrogen) atoms. The van der Waals surface area contributed by atoms with Crippen LogP contribution >= 0.6 is 0 Å². The molecule has 0 aromatic carbocycles. The Kier molecular flexibility index (Phi) is 14.7. The summed E-state index contributed by atoms with van der Waals surface area (Å²) < 4.78 is 66.9. The second kappa shape index (κ2) is 18.7. The number of fused-ring (bicyclic) bond motifs is 5. The van der Waals surface area contributed by atoms with Crippen LogP contribution in [0.3, 0.4) is 0 Å². The normalized spacial score (nSPS) is 52.2. The monoisotopic (exact) mass is 917 g/mol. The molecule has 0 unspecified atom stereocenters. The van der Waals surface area contributed by atoms with Crippen LogP contribution in [0.1, 0.15) is 120 Å². The molecule has 18 nitrogen and oxygen atoms in total. The lowest BCUT2D eigenvalue weighted by Crippen LogP contribution is -2.79. The van der Waals surface area contributed by atoms with Crippen LogP contribution in [0, 0.1) is 22.7 Å². The molecule has 0 aromatic rings. The Morgan fingerprint density at radius 3 is 1.86 bits per heavy atom. The highest BCUT2D eigenvalue weighted by Crippen LogP contribution is 2.72. The molecule has 4 aliphatic carbocycles. The zero-order chi connectivity index (χ0) is 46.9. The second-order valence-electron chi connectivity index (χ2n) is 20.5. The average Bonchev–Trinajstić information content (AvgIpc) is 3.46. The van der Waals surface area contributed by atoms with Crippen molar-refractivity contribution >= 4 is 11.9 Å². The summed E-state index contributed by atoms with van der Waals surface area (Å²) >= 11 is 0. The van der Waals surface area contributed by atoms with Gasteiger partial charge in [-0.25, -0.2) is 0 Å². The fourth-order valence-corrected chi connectivity index (χ4v) is 13.7. The fraction of sp³-hybridized carbons (Fsp3) is 0.957. The Balaban J connectivity index is 0.983. The summed E-state index contributed by atoms with van der Waals surface area (Å²) in [6, 6.07) is 0. The van der Waals surface area contributed by atoms with Crippen molar-refractivity contribution in [2.24, 2.45) is 22.7 Å².